The summed E-state index contributed by atoms with van der Waals surface area (Å²) in [6, 6.07) is -1.49. The first-order valence-electron chi connectivity index (χ1n) is 4.55. The lowest BCUT2D eigenvalue weighted by Crippen LogP contribution is -2.70. The van der Waals surface area contributed by atoms with Gasteiger partial charge in [-0.1, -0.05) is 0 Å². The predicted octanol–water partition coefficient (Wildman–Crippen LogP) is -2.34. The summed E-state index contributed by atoms with van der Waals surface area (Å²) in [6.45, 7) is 0.101. The van der Waals surface area contributed by atoms with E-state index in [-0.39, 0.29) is 12.5 Å². The largest absolute Gasteiger partial charge is 0.480 e. The Balaban J connectivity index is 2.67. The molecular formula is C8H15N2O4+. The molecule has 0 unspecified atom stereocenters. The Labute approximate surface area is 81.3 Å². The third-order valence-electron chi connectivity index (χ3n) is 2.39. The molecule has 1 saturated heterocycles. The maximum Gasteiger partial charge on any atom is 0.326 e. The number of hydrogen-bond acceptors (Lipinski definition) is 3. The normalized spacial score (nSPS) is 23.6. The van der Waals surface area contributed by atoms with Crippen LogP contribution in [0.5, 0.6) is 0 Å². The summed E-state index contributed by atoms with van der Waals surface area (Å²) in [5, 5.41) is 17.5. The van der Waals surface area contributed by atoms with E-state index >= 15 is 0 Å². The second kappa shape index (κ2) is 4.39. The molecule has 1 heterocycles. The van der Waals surface area contributed by atoms with Gasteiger partial charge in [-0.3, -0.25) is 4.79 Å². The minimum atomic E-state index is -0.985. The summed E-state index contributed by atoms with van der Waals surface area (Å²) in [7, 11) is 0. The fourth-order valence-electron chi connectivity index (χ4n) is 1.60. The Morgan fingerprint density at radius 3 is 2.71 bits per heavy atom. The lowest BCUT2D eigenvalue weighted by atomic mass is 10.2. The van der Waals surface area contributed by atoms with Crippen LogP contribution in [0.15, 0.2) is 0 Å². The Morgan fingerprint density at radius 1 is 1.57 bits per heavy atom. The quantitative estimate of drug-likeness (QED) is 0.478. The van der Waals surface area contributed by atoms with Gasteiger partial charge in [0.25, 0.3) is 5.91 Å². The molecule has 6 nitrogen and oxygen atoms in total. The average Bonchev–Trinajstić information content (AvgIpc) is 2.63. The highest BCUT2D eigenvalue weighted by molar-refractivity contribution is 5.86. The van der Waals surface area contributed by atoms with Gasteiger partial charge in [0.05, 0.1) is 0 Å². The Bertz CT molecular complexity index is 243. The molecule has 0 aliphatic carbocycles. The van der Waals surface area contributed by atoms with Gasteiger partial charge in [-0.25, -0.2) is 4.79 Å². The van der Waals surface area contributed by atoms with Crippen molar-refractivity contribution in [2.45, 2.75) is 24.9 Å². The van der Waals surface area contributed by atoms with E-state index in [2.05, 4.69) is 5.73 Å². The first kappa shape index (κ1) is 10.9. The number of amides is 1. The van der Waals surface area contributed by atoms with Gasteiger partial charge in [-0.15, -0.1) is 0 Å². The number of hydrogen-bond donors (Lipinski definition) is 3. The van der Waals surface area contributed by atoms with Crippen molar-refractivity contribution < 1.29 is 25.5 Å². The van der Waals surface area contributed by atoms with E-state index in [9.17, 15) is 9.59 Å². The molecule has 14 heavy (non-hydrogen) atoms. The van der Waals surface area contributed by atoms with Gasteiger partial charge in [0.1, 0.15) is 12.6 Å². The molecule has 80 valence electrons. The minimum Gasteiger partial charge on any atom is -0.480 e. The maximum absolute atomic E-state index is 11.5. The van der Waals surface area contributed by atoms with Crippen molar-refractivity contribution in [1.82, 2.24) is 4.90 Å². The number of nitrogens with zero attached hydrogens (tertiary/aromatic N) is 1. The standard InChI is InChI=1S/C8H14N2O4/c9-5(4-11)7(12)10-3-1-2-6(10)8(13)14/h5-6,11H,1-4,9H2,(H,13,14)/p+1/t5-,6-/m0/s1. The van der Waals surface area contributed by atoms with Crippen molar-refractivity contribution in [2.75, 3.05) is 13.2 Å². The molecular weight excluding hydrogens is 188 g/mol. The molecule has 0 aromatic carbocycles. The first-order chi connectivity index (χ1) is 6.57. The van der Waals surface area contributed by atoms with Gasteiger partial charge >= 0.3 is 5.97 Å². The third-order valence-corrected chi connectivity index (χ3v) is 2.39. The Hall–Kier alpha value is -1.14. The zero-order chi connectivity index (χ0) is 10.7. The number of aliphatic carboxylic acids is 1. The number of carbonyl (C=O) groups excluding carboxylic acids is 1. The molecule has 1 aliphatic rings. The molecule has 0 aromatic rings. The Kier molecular flexibility index (Phi) is 3.43. The van der Waals surface area contributed by atoms with Gasteiger partial charge in [0, 0.05) is 6.54 Å². The topological polar surface area (TPSA) is 105 Å². The highest BCUT2D eigenvalue weighted by Gasteiger charge is 2.36. The smallest absolute Gasteiger partial charge is 0.326 e. The molecule has 1 fully saturated rings. The van der Waals surface area contributed by atoms with Gasteiger partial charge < -0.3 is 20.8 Å². The molecule has 0 bridgehead atoms. The van der Waals surface area contributed by atoms with E-state index in [0.717, 1.165) is 0 Å². The van der Waals surface area contributed by atoms with Crippen molar-refractivity contribution in [3.8, 4) is 0 Å². The summed E-state index contributed by atoms with van der Waals surface area (Å²) in [6.07, 6.45) is 1.18. The molecule has 0 aromatic heterocycles. The van der Waals surface area contributed by atoms with Crippen LogP contribution in [0, 0.1) is 0 Å². The summed E-state index contributed by atoms with van der Waals surface area (Å²) in [5.41, 5.74) is 3.46. The van der Waals surface area contributed by atoms with E-state index in [1.165, 1.54) is 4.90 Å². The number of quaternary nitrogens is 1. The van der Waals surface area contributed by atoms with Crippen LogP contribution in [0.1, 0.15) is 12.8 Å². The van der Waals surface area contributed by atoms with E-state index in [1.807, 2.05) is 0 Å². The van der Waals surface area contributed by atoms with Crippen LogP contribution in [0.2, 0.25) is 0 Å². The van der Waals surface area contributed by atoms with Crippen LogP contribution < -0.4 is 5.73 Å². The highest BCUT2D eigenvalue weighted by Crippen LogP contribution is 2.17. The summed E-state index contributed by atoms with van der Waals surface area (Å²) in [4.78, 5) is 23.6. The van der Waals surface area contributed by atoms with Crippen LogP contribution in [0.3, 0.4) is 0 Å². The molecule has 6 heteroatoms. The van der Waals surface area contributed by atoms with Crippen LogP contribution in [0.4, 0.5) is 0 Å². The van der Waals surface area contributed by atoms with Crippen molar-refractivity contribution >= 4 is 11.9 Å². The predicted molar refractivity (Wildman–Crippen MR) is 46.1 cm³/mol. The Morgan fingerprint density at radius 2 is 2.21 bits per heavy atom. The lowest BCUT2D eigenvalue weighted by Gasteiger charge is -2.22. The number of carbonyl (C=O) groups is 2. The monoisotopic (exact) mass is 203 g/mol. The molecule has 1 amide bonds. The number of carboxylic acid groups (broad SMARTS) is 1. The molecule has 5 N–H and O–H groups in total. The second-order valence-corrected chi connectivity index (χ2v) is 3.41. The second-order valence-electron chi connectivity index (χ2n) is 3.41. The molecule has 1 aliphatic heterocycles. The number of aliphatic hydroxyl groups is 1. The van der Waals surface area contributed by atoms with Crippen molar-refractivity contribution in [3.63, 3.8) is 0 Å². The van der Waals surface area contributed by atoms with Gasteiger partial charge in [-0.05, 0) is 12.8 Å². The van der Waals surface area contributed by atoms with E-state index in [0.29, 0.717) is 19.4 Å². The molecule has 2 atom stereocenters. The number of likely N-dealkylation sites (tertiary alicyclic amines) is 1. The average molecular weight is 203 g/mol. The van der Waals surface area contributed by atoms with Crippen LogP contribution >= 0.6 is 0 Å². The summed E-state index contributed by atoms with van der Waals surface area (Å²) in [5.74, 6) is -1.36. The molecule has 0 radical (unpaired) electrons. The number of carboxylic acids is 1. The van der Waals surface area contributed by atoms with E-state index < -0.39 is 18.1 Å². The molecule has 0 saturated carbocycles. The highest BCUT2D eigenvalue weighted by atomic mass is 16.4. The zero-order valence-corrected chi connectivity index (χ0v) is 7.85. The summed E-state index contributed by atoms with van der Waals surface area (Å²) < 4.78 is 0. The van der Waals surface area contributed by atoms with Gasteiger partial charge in [0.15, 0.2) is 6.04 Å². The van der Waals surface area contributed by atoms with Crippen molar-refractivity contribution in [3.05, 3.63) is 0 Å². The first-order valence-corrected chi connectivity index (χ1v) is 4.55. The van der Waals surface area contributed by atoms with Crippen molar-refractivity contribution in [1.29, 1.82) is 0 Å². The number of aliphatic hydroxyl groups excluding tert-OH is 1. The van der Waals surface area contributed by atoms with E-state index in [1.54, 1.807) is 0 Å². The van der Waals surface area contributed by atoms with Gasteiger partial charge in [-0.2, -0.15) is 0 Å². The molecule has 0 spiro atoms. The van der Waals surface area contributed by atoms with Gasteiger partial charge in [0.2, 0.25) is 0 Å². The third kappa shape index (κ3) is 2.02. The van der Waals surface area contributed by atoms with Crippen LogP contribution in [0.25, 0.3) is 0 Å². The number of rotatable bonds is 3. The minimum absolute atomic E-state index is 0.346. The van der Waals surface area contributed by atoms with Crippen molar-refractivity contribution in [2.24, 2.45) is 0 Å². The van der Waals surface area contributed by atoms with Crippen LogP contribution in [-0.4, -0.2) is 52.2 Å². The SMILES string of the molecule is [NH3+][C@@H](CO)C(=O)N1CCC[C@H]1C(=O)O. The van der Waals surface area contributed by atoms with Crippen LogP contribution in [-0.2, 0) is 9.59 Å². The van der Waals surface area contributed by atoms with E-state index in [4.69, 9.17) is 10.2 Å². The molecule has 1 rings (SSSR count). The lowest BCUT2D eigenvalue weighted by molar-refractivity contribution is -0.411. The zero-order valence-electron chi connectivity index (χ0n) is 7.85. The maximum atomic E-state index is 11.5. The fourth-order valence-corrected chi connectivity index (χ4v) is 1.60. The fraction of sp³-hybridized carbons (Fsp3) is 0.750. The summed E-state index contributed by atoms with van der Waals surface area (Å²) >= 11 is 0.